The van der Waals surface area contributed by atoms with E-state index in [-0.39, 0.29) is 17.9 Å². The zero-order chi connectivity index (χ0) is 18.2. The average molecular weight is 344 g/mol. The van der Waals surface area contributed by atoms with E-state index in [9.17, 15) is 9.59 Å². The van der Waals surface area contributed by atoms with Gasteiger partial charge in [0, 0.05) is 52.0 Å². The van der Waals surface area contributed by atoms with Crippen molar-refractivity contribution in [1.82, 2.24) is 19.3 Å². The minimum Gasteiger partial charge on any atom is -0.347 e. The highest BCUT2D eigenvalue weighted by atomic mass is 16.2. The van der Waals surface area contributed by atoms with E-state index in [0.29, 0.717) is 31.7 Å². The van der Waals surface area contributed by atoms with E-state index in [0.717, 1.165) is 13.1 Å². The van der Waals surface area contributed by atoms with Crippen molar-refractivity contribution in [3.05, 3.63) is 36.7 Å². The Morgan fingerprint density at radius 3 is 2.72 bits per heavy atom. The molecular formula is C19H28N4O2. The minimum atomic E-state index is -0.614. The number of aromatic nitrogens is 1. The van der Waals surface area contributed by atoms with Gasteiger partial charge in [-0.1, -0.05) is 6.08 Å². The molecule has 3 heterocycles. The number of hydrogen-bond acceptors (Lipinski definition) is 3. The first-order valence-electron chi connectivity index (χ1n) is 8.98. The topological polar surface area (TPSA) is 48.8 Å². The van der Waals surface area contributed by atoms with Crippen LogP contribution in [0.5, 0.6) is 0 Å². The maximum Gasteiger partial charge on any atom is 0.270 e. The number of rotatable bonds is 4. The van der Waals surface area contributed by atoms with Crippen LogP contribution >= 0.6 is 0 Å². The molecule has 0 unspecified atom stereocenters. The third kappa shape index (κ3) is 2.88. The number of nitrogens with zero attached hydrogens (tertiary/aromatic N) is 4. The van der Waals surface area contributed by atoms with Crippen molar-refractivity contribution in [3.63, 3.8) is 0 Å². The van der Waals surface area contributed by atoms with Crippen molar-refractivity contribution in [2.45, 2.75) is 31.8 Å². The summed E-state index contributed by atoms with van der Waals surface area (Å²) in [6, 6.07) is 3.88. The number of likely N-dealkylation sites (tertiary alicyclic amines) is 1. The smallest absolute Gasteiger partial charge is 0.270 e. The van der Waals surface area contributed by atoms with Crippen LogP contribution in [-0.2, 0) is 11.8 Å². The van der Waals surface area contributed by atoms with E-state index < -0.39 is 5.54 Å². The van der Waals surface area contributed by atoms with Gasteiger partial charge >= 0.3 is 0 Å². The molecule has 1 atom stereocenters. The van der Waals surface area contributed by atoms with Gasteiger partial charge in [0.25, 0.3) is 5.91 Å². The van der Waals surface area contributed by atoms with Crippen molar-refractivity contribution >= 4 is 11.8 Å². The number of carbonyl (C=O) groups is 2. The van der Waals surface area contributed by atoms with Crippen molar-refractivity contribution in [1.29, 1.82) is 0 Å². The molecule has 0 N–H and O–H groups in total. The first-order chi connectivity index (χ1) is 11.9. The SMILES string of the molecule is C=CCN1CCN(C(C)C)C(=O)[C@@]12CCN(C(=O)c1cccn1C)C2. The molecule has 1 spiro atoms. The number of amides is 2. The third-order valence-corrected chi connectivity index (χ3v) is 5.55. The Hall–Kier alpha value is -2.08. The second kappa shape index (κ2) is 6.67. The summed E-state index contributed by atoms with van der Waals surface area (Å²) in [5, 5.41) is 0. The molecule has 2 aliphatic heterocycles. The van der Waals surface area contributed by atoms with Gasteiger partial charge in [0.2, 0.25) is 5.91 Å². The normalized spacial score (nSPS) is 24.6. The molecule has 2 saturated heterocycles. The zero-order valence-electron chi connectivity index (χ0n) is 15.4. The summed E-state index contributed by atoms with van der Waals surface area (Å²) in [5.74, 6) is 0.148. The molecule has 136 valence electrons. The lowest BCUT2D eigenvalue weighted by Gasteiger charge is -2.48. The lowest BCUT2D eigenvalue weighted by atomic mass is 9.90. The number of piperazine rings is 1. The first-order valence-corrected chi connectivity index (χ1v) is 8.98. The van der Waals surface area contributed by atoms with Crippen LogP contribution in [0.2, 0.25) is 0 Å². The van der Waals surface area contributed by atoms with Crippen LogP contribution in [0.1, 0.15) is 30.8 Å². The highest BCUT2D eigenvalue weighted by Crippen LogP contribution is 2.34. The van der Waals surface area contributed by atoms with Gasteiger partial charge in [-0.15, -0.1) is 6.58 Å². The molecule has 25 heavy (non-hydrogen) atoms. The van der Waals surface area contributed by atoms with Crippen LogP contribution in [0.3, 0.4) is 0 Å². The molecule has 2 fully saturated rings. The molecule has 0 bridgehead atoms. The summed E-state index contributed by atoms with van der Waals surface area (Å²) < 4.78 is 1.83. The van der Waals surface area contributed by atoms with Gasteiger partial charge in [-0.3, -0.25) is 14.5 Å². The molecule has 3 rings (SSSR count). The summed E-state index contributed by atoms with van der Waals surface area (Å²) in [5.41, 5.74) is 0.0497. The Labute approximate surface area is 149 Å². The number of hydrogen-bond donors (Lipinski definition) is 0. The van der Waals surface area contributed by atoms with E-state index in [2.05, 4.69) is 25.3 Å². The quantitative estimate of drug-likeness (QED) is 0.775. The van der Waals surface area contributed by atoms with Gasteiger partial charge in [-0.25, -0.2) is 0 Å². The summed E-state index contributed by atoms with van der Waals surface area (Å²) in [4.78, 5) is 32.2. The second-order valence-electron chi connectivity index (χ2n) is 7.34. The Balaban J connectivity index is 1.87. The van der Waals surface area contributed by atoms with Crippen LogP contribution in [0.25, 0.3) is 0 Å². The summed E-state index contributed by atoms with van der Waals surface area (Å²) >= 11 is 0. The summed E-state index contributed by atoms with van der Waals surface area (Å²) in [6.07, 6.45) is 4.40. The molecule has 0 radical (unpaired) electrons. The highest BCUT2D eigenvalue weighted by Gasteiger charge is 2.54. The van der Waals surface area contributed by atoms with Gasteiger partial charge < -0.3 is 14.4 Å². The highest BCUT2D eigenvalue weighted by molar-refractivity contribution is 5.95. The standard InChI is InChI=1S/C19H28N4O2/c1-5-9-22-12-13-23(15(2)3)18(25)19(22)8-11-21(14-19)17(24)16-7-6-10-20(16)4/h5-7,10,15H,1,8-9,11-14H2,2-4H3/t19-/m0/s1. The Bertz CT molecular complexity index is 681. The number of aryl methyl sites for hydroxylation is 1. The minimum absolute atomic E-state index is 0.00241. The summed E-state index contributed by atoms with van der Waals surface area (Å²) in [7, 11) is 1.87. The van der Waals surface area contributed by atoms with Gasteiger partial charge in [-0.05, 0) is 32.4 Å². The molecule has 6 heteroatoms. The summed E-state index contributed by atoms with van der Waals surface area (Å²) in [6.45, 7) is 11.2. The molecule has 0 saturated carbocycles. The third-order valence-electron chi connectivity index (χ3n) is 5.55. The van der Waals surface area contributed by atoms with Gasteiger partial charge in [0.15, 0.2) is 0 Å². The maximum atomic E-state index is 13.3. The van der Waals surface area contributed by atoms with Crippen LogP contribution in [0.4, 0.5) is 0 Å². The molecule has 6 nitrogen and oxygen atoms in total. The van der Waals surface area contributed by atoms with Gasteiger partial charge in [0.05, 0.1) is 0 Å². The first kappa shape index (κ1) is 17.7. The second-order valence-corrected chi connectivity index (χ2v) is 7.34. The van der Waals surface area contributed by atoms with E-state index in [1.807, 2.05) is 45.8 Å². The molecular weight excluding hydrogens is 316 g/mol. The lowest BCUT2D eigenvalue weighted by Crippen LogP contribution is -2.68. The fourth-order valence-electron chi connectivity index (χ4n) is 4.11. The van der Waals surface area contributed by atoms with E-state index in [4.69, 9.17) is 0 Å². The predicted octanol–water partition coefficient (Wildman–Crippen LogP) is 1.35. The molecule has 0 aliphatic carbocycles. The zero-order valence-corrected chi connectivity index (χ0v) is 15.4. The van der Waals surface area contributed by atoms with Crippen molar-refractivity contribution < 1.29 is 9.59 Å². The van der Waals surface area contributed by atoms with E-state index >= 15 is 0 Å². The van der Waals surface area contributed by atoms with Crippen LogP contribution in [-0.4, -0.2) is 75.4 Å². The average Bonchev–Trinajstić information content (AvgIpc) is 3.19. The molecule has 1 aromatic heterocycles. The van der Waals surface area contributed by atoms with Gasteiger partial charge in [-0.2, -0.15) is 0 Å². The van der Waals surface area contributed by atoms with Crippen LogP contribution in [0, 0.1) is 0 Å². The number of carbonyl (C=O) groups excluding carboxylic acids is 2. The van der Waals surface area contributed by atoms with Crippen LogP contribution in [0.15, 0.2) is 31.0 Å². The van der Waals surface area contributed by atoms with E-state index in [1.165, 1.54) is 0 Å². The van der Waals surface area contributed by atoms with Crippen molar-refractivity contribution in [2.75, 3.05) is 32.7 Å². The lowest BCUT2D eigenvalue weighted by molar-refractivity contribution is -0.152. The fraction of sp³-hybridized carbons (Fsp3) is 0.579. The monoisotopic (exact) mass is 344 g/mol. The molecule has 0 aromatic carbocycles. The Kier molecular flexibility index (Phi) is 4.73. The Morgan fingerprint density at radius 1 is 1.36 bits per heavy atom. The van der Waals surface area contributed by atoms with Crippen molar-refractivity contribution in [3.8, 4) is 0 Å². The molecule has 2 aliphatic rings. The van der Waals surface area contributed by atoms with E-state index in [1.54, 1.807) is 0 Å². The Morgan fingerprint density at radius 2 is 2.12 bits per heavy atom. The van der Waals surface area contributed by atoms with Gasteiger partial charge in [0.1, 0.15) is 11.2 Å². The van der Waals surface area contributed by atoms with Crippen molar-refractivity contribution in [2.24, 2.45) is 7.05 Å². The fourth-order valence-corrected chi connectivity index (χ4v) is 4.11. The molecule has 1 aromatic rings. The molecule has 2 amide bonds. The van der Waals surface area contributed by atoms with Crippen LogP contribution < -0.4 is 0 Å². The largest absolute Gasteiger partial charge is 0.347 e. The predicted molar refractivity (Wildman–Crippen MR) is 97.3 cm³/mol. The maximum absolute atomic E-state index is 13.3.